The van der Waals surface area contributed by atoms with Gasteiger partial charge in [-0.2, -0.15) is 0 Å². The summed E-state index contributed by atoms with van der Waals surface area (Å²) in [6, 6.07) is 6.15. The minimum atomic E-state index is -2.12. The second-order valence-electron chi connectivity index (χ2n) is 13.2. The summed E-state index contributed by atoms with van der Waals surface area (Å²) >= 11 is 2.28. The highest BCUT2D eigenvalue weighted by molar-refractivity contribution is 8.01. The normalized spacial score (nSPS) is 17.5. The molecule has 1 saturated heterocycles. The molecule has 0 spiro atoms. The summed E-state index contributed by atoms with van der Waals surface area (Å²) < 4.78 is 24.2. The molecule has 61 heavy (non-hydrogen) atoms. The van der Waals surface area contributed by atoms with Crippen LogP contribution >= 0.6 is 23.5 Å². The zero-order valence-electron chi connectivity index (χ0n) is 32.8. The Morgan fingerprint density at radius 3 is 2.28 bits per heavy atom. The Hall–Kier alpha value is -6.79. The molecule has 1 fully saturated rings. The third-order valence-electron chi connectivity index (χ3n) is 9.25. The van der Waals surface area contributed by atoms with Gasteiger partial charge in [-0.05, 0) is 46.7 Å². The number of nitrogens with zero attached hydrogens (tertiary/aromatic N) is 6. The van der Waals surface area contributed by atoms with E-state index < -0.39 is 76.3 Å². The Bertz CT molecular complexity index is 2580. The van der Waals surface area contributed by atoms with E-state index in [9.17, 15) is 43.5 Å². The van der Waals surface area contributed by atoms with Crippen LogP contribution in [-0.4, -0.2) is 118 Å². The molecule has 0 radical (unpaired) electrons. The number of hydrogen-bond donors (Lipinski definition) is 4. The summed E-state index contributed by atoms with van der Waals surface area (Å²) in [7, 11) is 2.76. The van der Waals surface area contributed by atoms with Gasteiger partial charge in [0.1, 0.15) is 28.4 Å². The number of esters is 2. The summed E-state index contributed by atoms with van der Waals surface area (Å²) in [5.74, 6) is -7.25. The van der Waals surface area contributed by atoms with E-state index in [1.165, 1.54) is 45.8 Å². The first kappa shape index (κ1) is 43.8. The van der Waals surface area contributed by atoms with Crippen molar-refractivity contribution in [2.75, 3.05) is 25.2 Å². The topological polar surface area (TPSA) is 290 Å². The third kappa shape index (κ3) is 8.76. The number of pyridine rings is 1. The number of hydrogen-bond acceptors (Lipinski definition) is 17. The van der Waals surface area contributed by atoms with E-state index in [4.69, 9.17) is 24.1 Å². The van der Waals surface area contributed by atoms with E-state index in [-0.39, 0.29) is 57.5 Å². The Morgan fingerprint density at radius 1 is 1.03 bits per heavy atom. The number of tetrazole rings is 1. The third-order valence-corrected chi connectivity index (χ3v) is 11.7. The SMILES string of the molecule is CCn1cc(C(=O)NC(C(=O)N[C@]2(OC)C(=O)N3C(C(=O)O)=C(CSc4nnnn4C)CS[C@@H]32)c2ccc(OCC(=O)O)cc2)c(=O)c2cc(OC(C)=O)c(OC(C)=O)cc21. The van der Waals surface area contributed by atoms with Crippen LogP contribution in [0, 0.1) is 0 Å². The second-order valence-corrected chi connectivity index (χ2v) is 15.2. The molecule has 24 heteroatoms. The van der Waals surface area contributed by atoms with Crippen molar-refractivity contribution < 1.29 is 62.7 Å². The maximum Gasteiger partial charge on any atom is 0.352 e. The van der Waals surface area contributed by atoms with Gasteiger partial charge in [-0.15, -0.1) is 16.9 Å². The van der Waals surface area contributed by atoms with Crippen molar-refractivity contribution in [2.45, 2.75) is 49.6 Å². The number of aliphatic carboxylic acids is 2. The number of benzene rings is 2. The van der Waals surface area contributed by atoms with Crippen LogP contribution in [0.3, 0.4) is 0 Å². The number of carboxylic acids is 2. The van der Waals surface area contributed by atoms with Crippen LogP contribution in [0.2, 0.25) is 0 Å². The molecule has 2 aromatic carbocycles. The average Bonchev–Trinajstić information content (AvgIpc) is 3.63. The summed E-state index contributed by atoms with van der Waals surface area (Å²) in [6.07, 6.45) is 1.22. The van der Waals surface area contributed by atoms with Gasteiger partial charge in [0.05, 0.1) is 10.9 Å². The average molecular weight is 881 g/mol. The fourth-order valence-corrected chi connectivity index (χ4v) is 8.93. The quantitative estimate of drug-likeness (QED) is 0.0399. The number of aryl methyl sites for hydroxylation is 2. The molecule has 1 unspecified atom stereocenters. The van der Waals surface area contributed by atoms with Crippen LogP contribution in [-0.2, 0) is 47.1 Å². The van der Waals surface area contributed by atoms with Gasteiger partial charge in [0, 0.05) is 58.3 Å². The number of aromatic nitrogens is 5. The van der Waals surface area contributed by atoms with Gasteiger partial charge in [-0.25, -0.2) is 14.3 Å². The van der Waals surface area contributed by atoms with Crippen molar-refractivity contribution in [2.24, 2.45) is 7.05 Å². The lowest BCUT2D eigenvalue weighted by Crippen LogP contribution is -2.81. The molecular formula is C37H36N8O14S2. The lowest BCUT2D eigenvalue weighted by atomic mass is 9.96. The van der Waals surface area contributed by atoms with E-state index in [0.29, 0.717) is 10.7 Å². The molecule has 4 heterocycles. The largest absolute Gasteiger partial charge is 0.482 e. The van der Waals surface area contributed by atoms with Crippen LogP contribution < -0.4 is 30.3 Å². The van der Waals surface area contributed by atoms with E-state index in [1.807, 2.05) is 0 Å². The summed E-state index contributed by atoms with van der Waals surface area (Å²) in [6.45, 7) is 3.44. The number of amides is 3. The van der Waals surface area contributed by atoms with Gasteiger partial charge in [0.15, 0.2) is 18.1 Å². The van der Waals surface area contributed by atoms with E-state index in [1.54, 1.807) is 14.0 Å². The van der Waals surface area contributed by atoms with Gasteiger partial charge in [0.25, 0.3) is 17.5 Å². The van der Waals surface area contributed by atoms with Gasteiger partial charge in [0.2, 0.25) is 16.5 Å². The van der Waals surface area contributed by atoms with Crippen molar-refractivity contribution in [3.8, 4) is 17.2 Å². The first-order valence-electron chi connectivity index (χ1n) is 18.0. The second kappa shape index (κ2) is 17.8. The molecule has 3 amide bonds. The molecule has 2 aliphatic heterocycles. The molecule has 6 rings (SSSR count). The molecule has 0 bridgehead atoms. The molecule has 2 aliphatic rings. The molecule has 3 atom stereocenters. The lowest BCUT2D eigenvalue weighted by molar-refractivity contribution is -0.192. The first-order chi connectivity index (χ1) is 29.0. The number of fused-ring (bicyclic) bond motifs is 2. The number of ether oxygens (including phenoxy) is 4. The maximum atomic E-state index is 14.4. The molecule has 0 aliphatic carbocycles. The minimum Gasteiger partial charge on any atom is -0.482 e. The maximum absolute atomic E-state index is 14.4. The Labute approximate surface area is 352 Å². The van der Waals surface area contributed by atoms with Crippen molar-refractivity contribution in [1.29, 1.82) is 0 Å². The number of rotatable bonds is 16. The first-order valence-corrected chi connectivity index (χ1v) is 20.0. The van der Waals surface area contributed by atoms with Crippen molar-refractivity contribution >= 4 is 76.0 Å². The molecule has 22 nitrogen and oxygen atoms in total. The predicted molar refractivity (Wildman–Crippen MR) is 211 cm³/mol. The van der Waals surface area contributed by atoms with Crippen molar-refractivity contribution in [3.63, 3.8) is 0 Å². The van der Waals surface area contributed by atoms with Gasteiger partial charge >= 0.3 is 23.9 Å². The van der Waals surface area contributed by atoms with Crippen LogP contribution in [0.1, 0.15) is 42.7 Å². The number of carboxylic acid groups (broad SMARTS) is 2. The van der Waals surface area contributed by atoms with Crippen LogP contribution in [0.4, 0.5) is 0 Å². The molecule has 4 aromatic rings. The monoisotopic (exact) mass is 880 g/mol. The highest BCUT2D eigenvalue weighted by atomic mass is 32.2. The number of carbonyl (C=O) groups excluding carboxylic acids is 5. The lowest BCUT2D eigenvalue weighted by Gasteiger charge is -2.56. The zero-order chi connectivity index (χ0) is 44.3. The summed E-state index contributed by atoms with van der Waals surface area (Å²) in [4.78, 5) is 105. The van der Waals surface area contributed by atoms with E-state index in [2.05, 4.69) is 26.2 Å². The molecular weight excluding hydrogens is 845 g/mol. The van der Waals surface area contributed by atoms with Crippen LogP contribution in [0.15, 0.2) is 63.8 Å². The predicted octanol–water partition coefficient (Wildman–Crippen LogP) is 0.835. The number of β-lactam (4-membered cyclic amide) rings is 1. The zero-order valence-corrected chi connectivity index (χ0v) is 34.5. The van der Waals surface area contributed by atoms with Gasteiger partial charge < -0.3 is 44.4 Å². The number of nitrogens with one attached hydrogen (secondary N) is 2. The van der Waals surface area contributed by atoms with Crippen LogP contribution in [0.25, 0.3) is 10.9 Å². The molecule has 320 valence electrons. The summed E-state index contributed by atoms with van der Waals surface area (Å²) in [5.41, 5.74) is -3.06. The molecule has 0 saturated carbocycles. The standard InChI is InChI=1S/C37H36N8O14S2/c1-6-44-13-23(30(50)22-11-25(58-17(2)46)26(12-24(22)44)59-18(3)47)31(51)38-28(19-7-9-21(10-8-19)57-14-27(48)49)32(52)39-37(56-5)34(55)45-29(33(53)54)20(15-60-35(37)45)16-61-36-40-41-42-43(36)4/h7-13,28,35H,6,14-16H2,1-5H3,(H,38,51)(H,39,52)(H,48,49)(H,53,54)/t28?,35-,37+/m1/s1. The van der Waals surface area contributed by atoms with E-state index >= 15 is 0 Å². The van der Waals surface area contributed by atoms with Crippen LogP contribution in [0.5, 0.6) is 17.2 Å². The highest BCUT2D eigenvalue weighted by Gasteiger charge is 2.67. The molecule has 2 aromatic heterocycles. The van der Waals surface area contributed by atoms with Crippen molar-refractivity contribution in [1.82, 2.24) is 40.3 Å². The van der Waals surface area contributed by atoms with Crippen molar-refractivity contribution in [3.05, 3.63) is 75.2 Å². The number of methoxy groups -OCH3 is 1. The Kier molecular flexibility index (Phi) is 12.8. The van der Waals surface area contributed by atoms with Gasteiger partial charge in [-0.1, -0.05) is 23.9 Å². The Morgan fingerprint density at radius 2 is 1.70 bits per heavy atom. The van der Waals surface area contributed by atoms with E-state index in [0.717, 1.165) is 55.4 Å². The fraction of sp³-hybridized carbons (Fsp3) is 0.324. The smallest absolute Gasteiger partial charge is 0.352 e. The number of thioether (sulfide) groups is 2. The number of carbonyl (C=O) groups is 7. The molecule has 4 N–H and O–H groups in total. The fourth-order valence-electron chi connectivity index (χ4n) is 6.51. The Balaban J connectivity index is 1.35. The summed E-state index contributed by atoms with van der Waals surface area (Å²) in [5, 5.41) is 34.8. The minimum absolute atomic E-state index is 0.0863. The highest BCUT2D eigenvalue weighted by Crippen LogP contribution is 2.47. The van der Waals surface area contributed by atoms with Gasteiger partial charge in [-0.3, -0.25) is 33.7 Å².